The minimum atomic E-state index is -0.777. The monoisotopic (exact) mass is 307 g/mol. The first-order chi connectivity index (χ1) is 10.1. The van der Waals surface area contributed by atoms with E-state index in [1.165, 1.54) is 0 Å². The van der Waals surface area contributed by atoms with Crippen LogP contribution in [0.15, 0.2) is 30.2 Å². The molecular weight excluding hydrogens is 286 g/mol. The predicted molar refractivity (Wildman–Crippen MR) is 83.0 cm³/mol. The number of hydrogen-bond donors (Lipinski definition) is 1. The van der Waals surface area contributed by atoms with E-state index in [-0.39, 0.29) is 17.7 Å². The molecule has 2 unspecified atom stereocenters. The quantitative estimate of drug-likeness (QED) is 0.821. The molecule has 0 bridgehead atoms. The van der Waals surface area contributed by atoms with Crippen molar-refractivity contribution in [2.75, 3.05) is 6.54 Å². The topological polar surface area (TPSA) is 57.6 Å². The number of carbonyl (C=O) groups excluding carboxylic acids is 1. The van der Waals surface area contributed by atoms with Crippen molar-refractivity contribution < 1.29 is 14.7 Å². The first-order valence-corrected chi connectivity index (χ1v) is 8.14. The summed E-state index contributed by atoms with van der Waals surface area (Å²) in [5, 5.41) is 11.1. The maximum absolute atomic E-state index is 12.7. The van der Waals surface area contributed by atoms with E-state index in [2.05, 4.69) is 6.58 Å². The minimum absolute atomic E-state index is 0.0641. The van der Waals surface area contributed by atoms with Crippen molar-refractivity contribution in [2.24, 2.45) is 11.8 Å². The summed E-state index contributed by atoms with van der Waals surface area (Å²) in [6, 6.07) is 3.98. The second kappa shape index (κ2) is 7.41. The predicted octanol–water partition coefficient (Wildman–Crippen LogP) is 3.15. The Hall–Kier alpha value is -1.62. The van der Waals surface area contributed by atoms with Gasteiger partial charge in [0, 0.05) is 17.3 Å². The molecule has 2 atom stereocenters. The van der Waals surface area contributed by atoms with Gasteiger partial charge in [0.1, 0.15) is 0 Å². The molecule has 1 aromatic rings. The second-order valence-electron chi connectivity index (χ2n) is 5.49. The molecule has 0 saturated heterocycles. The van der Waals surface area contributed by atoms with E-state index in [9.17, 15) is 9.59 Å². The molecule has 1 aromatic heterocycles. The van der Waals surface area contributed by atoms with Crippen molar-refractivity contribution >= 4 is 23.2 Å². The fraction of sp³-hybridized carbons (Fsp3) is 0.500. The van der Waals surface area contributed by atoms with Gasteiger partial charge in [-0.05, 0) is 30.7 Å². The summed E-state index contributed by atoms with van der Waals surface area (Å²) in [5.74, 6) is -1.25. The fourth-order valence-corrected chi connectivity index (χ4v) is 3.59. The standard InChI is InChI=1S/C16H21NO3S/c1-2-8-17(11-14-7-4-9-21-14)15(18)12-5-3-6-13(10-12)16(19)20/h2,4,7,9,12-13H,1,3,5-6,8,10-11H2,(H,19,20). The van der Waals surface area contributed by atoms with Crippen LogP contribution in [0.25, 0.3) is 0 Å². The fourth-order valence-electron chi connectivity index (χ4n) is 2.88. The Morgan fingerprint density at radius 3 is 2.81 bits per heavy atom. The molecule has 2 rings (SSSR count). The van der Waals surface area contributed by atoms with E-state index in [4.69, 9.17) is 5.11 Å². The number of carboxylic acids is 1. The SMILES string of the molecule is C=CCN(Cc1cccs1)C(=O)C1CCCC(C(=O)O)C1. The normalized spacial score (nSPS) is 21.7. The van der Waals surface area contributed by atoms with Gasteiger partial charge in [-0.2, -0.15) is 0 Å². The third kappa shape index (κ3) is 4.17. The van der Waals surface area contributed by atoms with Gasteiger partial charge in [0.05, 0.1) is 12.5 Å². The molecule has 21 heavy (non-hydrogen) atoms. The number of hydrogen-bond acceptors (Lipinski definition) is 3. The highest BCUT2D eigenvalue weighted by atomic mass is 32.1. The first-order valence-electron chi connectivity index (χ1n) is 7.26. The van der Waals surface area contributed by atoms with Crippen LogP contribution < -0.4 is 0 Å². The van der Waals surface area contributed by atoms with Gasteiger partial charge < -0.3 is 10.0 Å². The summed E-state index contributed by atoms with van der Waals surface area (Å²) in [6.07, 6.45) is 4.48. The molecule has 0 aromatic carbocycles. The van der Waals surface area contributed by atoms with Crippen LogP contribution in [0.5, 0.6) is 0 Å². The van der Waals surface area contributed by atoms with Gasteiger partial charge in [-0.15, -0.1) is 17.9 Å². The van der Waals surface area contributed by atoms with Crippen molar-refractivity contribution in [3.05, 3.63) is 35.0 Å². The van der Waals surface area contributed by atoms with Gasteiger partial charge in [-0.1, -0.05) is 18.6 Å². The number of nitrogens with zero attached hydrogens (tertiary/aromatic N) is 1. The van der Waals surface area contributed by atoms with E-state index in [1.54, 1.807) is 22.3 Å². The second-order valence-corrected chi connectivity index (χ2v) is 6.52. The zero-order valence-corrected chi connectivity index (χ0v) is 12.8. The van der Waals surface area contributed by atoms with Gasteiger partial charge in [-0.25, -0.2) is 0 Å². The minimum Gasteiger partial charge on any atom is -0.481 e. The summed E-state index contributed by atoms with van der Waals surface area (Å²) in [7, 11) is 0. The molecule has 1 fully saturated rings. The maximum Gasteiger partial charge on any atom is 0.306 e. The van der Waals surface area contributed by atoms with E-state index in [0.717, 1.165) is 17.7 Å². The number of rotatable bonds is 6. The molecule has 1 aliphatic rings. The van der Waals surface area contributed by atoms with Crippen LogP contribution in [-0.2, 0) is 16.1 Å². The third-order valence-electron chi connectivity index (χ3n) is 3.96. The van der Waals surface area contributed by atoms with Crippen LogP contribution in [0.3, 0.4) is 0 Å². The lowest BCUT2D eigenvalue weighted by Crippen LogP contribution is -2.38. The van der Waals surface area contributed by atoms with Gasteiger partial charge in [0.25, 0.3) is 0 Å². The van der Waals surface area contributed by atoms with Crippen LogP contribution in [-0.4, -0.2) is 28.4 Å². The largest absolute Gasteiger partial charge is 0.481 e. The highest BCUT2D eigenvalue weighted by Crippen LogP contribution is 2.31. The number of amides is 1. The summed E-state index contributed by atoms with van der Waals surface area (Å²) in [5.41, 5.74) is 0. The molecule has 1 N–H and O–H groups in total. The van der Waals surface area contributed by atoms with Gasteiger partial charge in [-0.3, -0.25) is 9.59 Å². The van der Waals surface area contributed by atoms with Crippen LogP contribution in [0.1, 0.15) is 30.6 Å². The van der Waals surface area contributed by atoms with Crippen LogP contribution in [0.2, 0.25) is 0 Å². The molecule has 1 heterocycles. The van der Waals surface area contributed by atoms with Crippen LogP contribution in [0.4, 0.5) is 0 Å². The molecule has 1 saturated carbocycles. The Labute approximate surface area is 129 Å². The van der Waals surface area contributed by atoms with E-state index < -0.39 is 5.97 Å². The molecule has 5 heteroatoms. The lowest BCUT2D eigenvalue weighted by Gasteiger charge is -2.30. The summed E-state index contributed by atoms with van der Waals surface area (Å²) < 4.78 is 0. The number of aliphatic carboxylic acids is 1. The average Bonchev–Trinajstić information content (AvgIpc) is 2.99. The van der Waals surface area contributed by atoms with E-state index in [1.807, 2.05) is 17.5 Å². The van der Waals surface area contributed by atoms with Crippen molar-refractivity contribution in [1.82, 2.24) is 4.90 Å². The highest BCUT2D eigenvalue weighted by Gasteiger charge is 2.33. The van der Waals surface area contributed by atoms with Crippen molar-refractivity contribution in [3.63, 3.8) is 0 Å². The average molecular weight is 307 g/mol. The zero-order valence-electron chi connectivity index (χ0n) is 12.0. The maximum atomic E-state index is 12.7. The van der Waals surface area contributed by atoms with Crippen molar-refractivity contribution in [2.45, 2.75) is 32.2 Å². The Kier molecular flexibility index (Phi) is 5.56. The van der Waals surface area contributed by atoms with Crippen molar-refractivity contribution in [1.29, 1.82) is 0 Å². The Bertz CT molecular complexity index is 498. The first kappa shape index (κ1) is 15.8. The van der Waals surface area contributed by atoms with Gasteiger partial charge >= 0.3 is 5.97 Å². The van der Waals surface area contributed by atoms with Gasteiger partial charge in [0.15, 0.2) is 0 Å². The molecule has 0 radical (unpaired) electrons. The van der Waals surface area contributed by atoms with E-state index >= 15 is 0 Å². The lowest BCUT2D eigenvalue weighted by molar-refractivity contribution is -0.145. The third-order valence-corrected chi connectivity index (χ3v) is 4.82. The number of carboxylic acid groups (broad SMARTS) is 1. The molecule has 0 spiro atoms. The molecular formula is C16H21NO3S. The van der Waals surface area contributed by atoms with Crippen LogP contribution in [0, 0.1) is 11.8 Å². The summed E-state index contributed by atoms with van der Waals surface area (Å²) in [4.78, 5) is 26.7. The van der Waals surface area contributed by atoms with Crippen LogP contribution >= 0.6 is 11.3 Å². The van der Waals surface area contributed by atoms with Crippen molar-refractivity contribution in [3.8, 4) is 0 Å². The number of carbonyl (C=O) groups is 2. The molecule has 1 amide bonds. The Morgan fingerprint density at radius 1 is 1.43 bits per heavy atom. The smallest absolute Gasteiger partial charge is 0.306 e. The summed E-state index contributed by atoms with van der Waals surface area (Å²) >= 11 is 1.62. The zero-order chi connectivity index (χ0) is 15.2. The van der Waals surface area contributed by atoms with Gasteiger partial charge in [0.2, 0.25) is 5.91 Å². The lowest BCUT2D eigenvalue weighted by atomic mass is 9.80. The Morgan fingerprint density at radius 2 is 2.19 bits per heavy atom. The van der Waals surface area contributed by atoms with E-state index in [0.29, 0.717) is 25.9 Å². The Balaban J connectivity index is 2.03. The summed E-state index contributed by atoms with van der Waals surface area (Å²) in [6.45, 7) is 4.80. The number of thiophene rings is 1. The highest BCUT2D eigenvalue weighted by molar-refractivity contribution is 7.09. The molecule has 114 valence electrons. The molecule has 0 aliphatic heterocycles. The molecule has 4 nitrogen and oxygen atoms in total. The molecule has 1 aliphatic carbocycles.